The molecule has 1 fully saturated rings. The third-order valence-corrected chi connectivity index (χ3v) is 8.30. The van der Waals surface area contributed by atoms with Crippen LogP contribution in [0, 0.1) is 0 Å². The summed E-state index contributed by atoms with van der Waals surface area (Å²) in [4.78, 5) is 20.5. The van der Waals surface area contributed by atoms with E-state index in [1.165, 1.54) is 28.5 Å². The van der Waals surface area contributed by atoms with Crippen LogP contribution < -0.4 is 15.5 Å². The van der Waals surface area contributed by atoms with Gasteiger partial charge in [-0.15, -0.1) is 0 Å². The summed E-state index contributed by atoms with van der Waals surface area (Å²) in [5, 5.41) is 8.57. The number of benzene rings is 2. The topological polar surface area (TPSA) is 88.1 Å². The molecule has 0 radical (unpaired) electrons. The zero-order chi connectivity index (χ0) is 26.5. The third kappa shape index (κ3) is 6.03. The molecule has 39 heavy (non-hydrogen) atoms. The number of nitrogens with one attached hydrogen (secondary N) is 2. The third-order valence-electron chi connectivity index (χ3n) is 7.24. The molecule has 0 unspecified atom stereocenters. The molecule has 2 aromatic carbocycles. The van der Waals surface area contributed by atoms with Gasteiger partial charge in [-0.3, -0.25) is 0 Å². The van der Waals surface area contributed by atoms with Gasteiger partial charge in [0, 0.05) is 56.7 Å². The lowest BCUT2D eigenvalue weighted by Crippen LogP contribution is -2.45. The maximum atomic E-state index is 5.73. The van der Waals surface area contributed by atoms with Crippen LogP contribution in [-0.2, 0) is 23.2 Å². The van der Waals surface area contributed by atoms with Crippen LogP contribution in [0.25, 0.3) is 0 Å². The number of aromatic nitrogens is 4. The van der Waals surface area contributed by atoms with E-state index in [4.69, 9.17) is 26.9 Å². The van der Waals surface area contributed by atoms with Crippen LogP contribution in [0.2, 0.25) is 0 Å². The van der Waals surface area contributed by atoms with E-state index in [9.17, 15) is 0 Å². The Bertz CT molecular complexity index is 1410. The highest BCUT2D eigenvalue weighted by Gasteiger charge is 2.34. The molecule has 4 aromatic rings. The van der Waals surface area contributed by atoms with E-state index in [2.05, 4.69) is 80.1 Å². The van der Waals surface area contributed by atoms with Gasteiger partial charge in [-0.1, -0.05) is 54.6 Å². The molecule has 0 saturated carbocycles. The van der Waals surface area contributed by atoms with Crippen LogP contribution in [0.5, 0.6) is 0 Å². The van der Waals surface area contributed by atoms with Crippen LogP contribution >= 0.6 is 24.0 Å². The molecule has 198 valence electrons. The first-order chi connectivity index (χ1) is 19.2. The van der Waals surface area contributed by atoms with E-state index in [-0.39, 0.29) is 5.41 Å². The maximum absolute atomic E-state index is 5.73. The lowest BCUT2D eigenvalue weighted by Gasteiger charge is -2.38. The molecule has 2 aromatic heterocycles. The smallest absolute Gasteiger partial charge is 0.232 e. The second-order valence-electron chi connectivity index (χ2n) is 9.71. The first kappa shape index (κ1) is 25.7. The van der Waals surface area contributed by atoms with Crippen molar-refractivity contribution in [1.29, 1.82) is 0 Å². The predicted octanol–water partition coefficient (Wildman–Crippen LogP) is 4.97. The molecule has 0 spiro atoms. The van der Waals surface area contributed by atoms with Gasteiger partial charge in [-0.2, -0.15) is 4.98 Å². The van der Waals surface area contributed by atoms with Crippen molar-refractivity contribution < 1.29 is 4.74 Å². The van der Waals surface area contributed by atoms with Crippen LogP contribution in [0.4, 0.5) is 11.8 Å². The molecule has 2 N–H and O–H groups in total. The number of ether oxygens (including phenoxy) is 1. The second kappa shape index (κ2) is 11.6. The molecule has 6 rings (SSSR count). The van der Waals surface area contributed by atoms with E-state index < -0.39 is 0 Å². The van der Waals surface area contributed by atoms with Crippen LogP contribution in [0.15, 0.2) is 89.3 Å². The molecule has 2 aliphatic rings. The summed E-state index contributed by atoms with van der Waals surface area (Å²) in [5.41, 5.74) is 3.88. The van der Waals surface area contributed by atoms with Gasteiger partial charge in [0.05, 0.1) is 0 Å². The van der Waals surface area contributed by atoms with Crippen molar-refractivity contribution in [2.45, 2.75) is 41.5 Å². The number of hydrogen-bond acceptors (Lipinski definition) is 8. The molecule has 0 amide bonds. The summed E-state index contributed by atoms with van der Waals surface area (Å²) in [6, 6.07) is 22.9. The minimum Gasteiger partial charge on any atom is -0.381 e. The number of anilines is 2. The summed E-state index contributed by atoms with van der Waals surface area (Å²) >= 11 is 7.13. The van der Waals surface area contributed by atoms with Gasteiger partial charge < -0.3 is 20.3 Å². The van der Waals surface area contributed by atoms with E-state index >= 15 is 0 Å². The van der Waals surface area contributed by atoms with Gasteiger partial charge in [-0.05, 0) is 59.6 Å². The summed E-state index contributed by atoms with van der Waals surface area (Å²) in [6.45, 7) is 3.77. The van der Waals surface area contributed by atoms with Gasteiger partial charge in [0.1, 0.15) is 10.8 Å². The van der Waals surface area contributed by atoms with Gasteiger partial charge in [-0.25, -0.2) is 15.0 Å². The van der Waals surface area contributed by atoms with Gasteiger partial charge in [0.15, 0.2) is 10.3 Å². The van der Waals surface area contributed by atoms with Crippen molar-refractivity contribution in [1.82, 2.24) is 25.3 Å². The summed E-state index contributed by atoms with van der Waals surface area (Å²) in [5.74, 6) is 1.27. The van der Waals surface area contributed by atoms with Crippen molar-refractivity contribution in [3.8, 4) is 0 Å². The Morgan fingerprint density at radius 1 is 0.923 bits per heavy atom. The minimum absolute atomic E-state index is 0.0407. The summed E-state index contributed by atoms with van der Waals surface area (Å²) in [6.07, 6.45) is 5.33. The molecule has 0 bridgehead atoms. The average Bonchev–Trinajstić information content (AvgIpc) is 3.42. The number of nitrogens with zero attached hydrogens (tertiary/aromatic N) is 5. The highest BCUT2D eigenvalue weighted by molar-refractivity contribution is 7.99. The fourth-order valence-corrected chi connectivity index (χ4v) is 6.00. The first-order valence-corrected chi connectivity index (χ1v) is 14.2. The quantitative estimate of drug-likeness (QED) is 0.185. The van der Waals surface area contributed by atoms with E-state index in [1.807, 2.05) is 6.07 Å². The highest BCUT2D eigenvalue weighted by Crippen LogP contribution is 2.34. The van der Waals surface area contributed by atoms with Crippen molar-refractivity contribution >= 4 is 40.9 Å². The molecule has 2 aliphatic heterocycles. The largest absolute Gasteiger partial charge is 0.381 e. The normalized spacial score (nSPS) is 15.9. The Hall–Kier alpha value is -3.60. The lowest BCUT2D eigenvalue weighted by molar-refractivity contribution is 0.0515. The fraction of sp³-hybridized carbons (Fsp3) is 0.276. The molecule has 0 atom stereocenters. The van der Waals surface area contributed by atoms with Gasteiger partial charge in [0.2, 0.25) is 5.95 Å². The zero-order valence-corrected chi connectivity index (χ0v) is 23.0. The summed E-state index contributed by atoms with van der Waals surface area (Å²) in [7, 11) is 0. The van der Waals surface area contributed by atoms with Gasteiger partial charge in [0.25, 0.3) is 0 Å². The first-order valence-electron chi connectivity index (χ1n) is 13.0. The molecule has 4 heterocycles. The summed E-state index contributed by atoms with van der Waals surface area (Å²) < 4.78 is 5.68. The predicted molar refractivity (Wildman–Crippen MR) is 157 cm³/mol. The Morgan fingerprint density at radius 3 is 2.33 bits per heavy atom. The highest BCUT2D eigenvalue weighted by atomic mass is 32.2. The van der Waals surface area contributed by atoms with E-state index in [0.29, 0.717) is 22.8 Å². The molecule has 0 aliphatic carbocycles. The van der Waals surface area contributed by atoms with Gasteiger partial charge >= 0.3 is 0 Å². The van der Waals surface area contributed by atoms with Crippen molar-refractivity contribution in [3.63, 3.8) is 0 Å². The molecular formula is C29H29N7OS2. The van der Waals surface area contributed by atoms with Crippen molar-refractivity contribution in [2.24, 2.45) is 0 Å². The number of rotatable bonds is 7. The SMILES string of the molecule is S=C(NCC1(c2ccccc2)CCOCC1)Nc1nc(Sc2ncccn2)cc(N2Cc3ccccc3C2)n1. The molecular weight excluding hydrogens is 527 g/mol. The monoisotopic (exact) mass is 555 g/mol. The second-order valence-corrected chi connectivity index (χ2v) is 11.1. The Kier molecular flexibility index (Phi) is 7.67. The fourth-order valence-electron chi connectivity index (χ4n) is 5.13. The zero-order valence-electron chi connectivity index (χ0n) is 21.4. The Labute approximate surface area is 237 Å². The van der Waals surface area contributed by atoms with Crippen molar-refractivity contribution in [2.75, 3.05) is 30.0 Å². The van der Waals surface area contributed by atoms with Crippen LogP contribution in [0.1, 0.15) is 29.5 Å². The Morgan fingerprint density at radius 2 is 1.62 bits per heavy atom. The average molecular weight is 556 g/mol. The standard InChI is InChI=1S/C29H29N7OS2/c38-27(32-20-29(11-15-37-16-12-29)23-9-2-1-3-10-23)35-26-33-24(36-18-21-7-4-5-8-22(21)19-36)17-25(34-26)39-28-30-13-6-14-31-28/h1-10,13-14,17H,11-12,15-16,18-20H2,(H2,32,33,34,35,38). The number of thiocarbonyl (C=S) groups is 1. The van der Waals surface area contributed by atoms with E-state index in [0.717, 1.165) is 50.0 Å². The number of fused-ring (bicyclic) bond motifs is 1. The van der Waals surface area contributed by atoms with Crippen LogP contribution in [-0.4, -0.2) is 44.8 Å². The molecule has 10 heteroatoms. The molecule has 1 saturated heterocycles. The Balaban J connectivity index is 1.21. The lowest BCUT2D eigenvalue weighted by atomic mass is 9.74. The molecule has 8 nitrogen and oxygen atoms in total. The maximum Gasteiger partial charge on any atom is 0.232 e. The van der Waals surface area contributed by atoms with Crippen LogP contribution in [0.3, 0.4) is 0 Å². The van der Waals surface area contributed by atoms with E-state index in [1.54, 1.807) is 18.5 Å². The number of hydrogen-bond donors (Lipinski definition) is 2. The minimum atomic E-state index is -0.0407. The van der Waals surface area contributed by atoms with Crippen molar-refractivity contribution in [3.05, 3.63) is 95.8 Å².